The van der Waals surface area contributed by atoms with Crippen molar-refractivity contribution in [3.05, 3.63) is 27.9 Å². The Balaban J connectivity index is 2.29. The smallest absolute Gasteiger partial charge is 0.328 e. The number of hydrogen-bond acceptors (Lipinski definition) is 4. The maximum atomic E-state index is 11.0. The van der Waals surface area contributed by atoms with E-state index < -0.39 is 12.0 Å². The summed E-state index contributed by atoms with van der Waals surface area (Å²) in [5.41, 5.74) is 0.817. The highest BCUT2D eigenvalue weighted by Crippen LogP contribution is 2.30. The van der Waals surface area contributed by atoms with Crippen molar-refractivity contribution in [1.29, 1.82) is 0 Å². The molecule has 2 aromatic heterocycles. The van der Waals surface area contributed by atoms with Crippen LogP contribution in [-0.2, 0) is 4.79 Å². The molecule has 0 aliphatic rings. The Morgan fingerprint density at radius 2 is 2.41 bits per heavy atom. The van der Waals surface area contributed by atoms with Crippen molar-refractivity contribution in [3.8, 4) is 10.6 Å². The van der Waals surface area contributed by atoms with E-state index in [9.17, 15) is 4.79 Å². The van der Waals surface area contributed by atoms with Crippen molar-refractivity contribution in [2.75, 3.05) is 7.05 Å². The van der Waals surface area contributed by atoms with E-state index in [0.717, 1.165) is 14.4 Å². The Kier molecular flexibility index (Phi) is 3.60. The van der Waals surface area contributed by atoms with E-state index in [1.165, 1.54) is 0 Å². The summed E-state index contributed by atoms with van der Waals surface area (Å²) in [6, 6.07) is 3.07. The van der Waals surface area contributed by atoms with E-state index >= 15 is 0 Å². The second-order valence-electron chi connectivity index (χ2n) is 3.35. The zero-order valence-corrected chi connectivity index (χ0v) is 11.3. The fourth-order valence-electron chi connectivity index (χ4n) is 1.44. The quantitative estimate of drug-likeness (QED) is 0.808. The molecule has 0 aliphatic heterocycles. The molecule has 0 spiro atoms. The zero-order valence-electron chi connectivity index (χ0n) is 8.90. The number of aromatic nitrogens is 2. The van der Waals surface area contributed by atoms with Crippen LogP contribution in [0.4, 0.5) is 0 Å². The van der Waals surface area contributed by atoms with Gasteiger partial charge in [-0.15, -0.1) is 11.3 Å². The first kappa shape index (κ1) is 12.3. The summed E-state index contributed by atoms with van der Waals surface area (Å²) in [6.45, 7) is 0. The van der Waals surface area contributed by atoms with Gasteiger partial charge in [-0.2, -0.15) is 0 Å². The third kappa shape index (κ3) is 2.56. The first-order chi connectivity index (χ1) is 8.11. The lowest BCUT2D eigenvalue weighted by Crippen LogP contribution is -2.26. The maximum absolute atomic E-state index is 11.0. The van der Waals surface area contributed by atoms with Crippen molar-refractivity contribution in [2.24, 2.45) is 0 Å². The normalized spacial score (nSPS) is 12.6. The number of likely N-dealkylation sites (N-methyl/N-ethyl adjacent to an activating group) is 1. The number of carbonyl (C=O) groups is 1. The van der Waals surface area contributed by atoms with Crippen molar-refractivity contribution < 1.29 is 9.90 Å². The molecule has 17 heavy (non-hydrogen) atoms. The highest BCUT2D eigenvalue weighted by molar-refractivity contribution is 9.11. The van der Waals surface area contributed by atoms with Crippen LogP contribution in [-0.4, -0.2) is 28.1 Å². The van der Waals surface area contributed by atoms with Gasteiger partial charge < -0.3 is 15.4 Å². The predicted octanol–water partition coefficient (Wildman–Crippen LogP) is 2.25. The minimum Gasteiger partial charge on any atom is -0.480 e. The topological polar surface area (TPSA) is 78.0 Å². The molecule has 0 amide bonds. The first-order valence-electron chi connectivity index (χ1n) is 4.82. The highest BCUT2D eigenvalue weighted by atomic mass is 79.9. The summed E-state index contributed by atoms with van der Waals surface area (Å²) in [4.78, 5) is 19.1. The lowest BCUT2D eigenvalue weighted by atomic mass is 10.3. The number of nitrogens with one attached hydrogen (secondary N) is 2. The van der Waals surface area contributed by atoms with Gasteiger partial charge >= 0.3 is 5.97 Å². The number of imidazole rings is 1. The molecule has 2 aromatic rings. The van der Waals surface area contributed by atoms with Gasteiger partial charge in [0.05, 0.1) is 20.6 Å². The highest BCUT2D eigenvalue weighted by Gasteiger charge is 2.21. The Morgan fingerprint density at radius 1 is 1.65 bits per heavy atom. The number of rotatable bonds is 4. The largest absolute Gasteiger partial charge is 0.480 e. The van der Waals surface area contributed by atoms with Crippen LogP contribution in [0, 0.1) is 0 Å². The van der Waals surface area contributed by atoms with E-state index in [-0.39, 0.29) is 0 Å². The predicted molar refractivity (Wildman–Crippen MR) is 69.0 cm³/mol. The Hall–Kier alpha value is -1.18. The average Bonchev–Trinajstić information content (AvgIpc) is 2.87. The number of hydrogen-bond donors (Lipinski definition) is 3. The summed E-state index contributed by atoms with van der Waals surface area (Å²) in [6.07, 6.45) is 1.64. The number of carboxylic acid groups (broad SMARTS) is 1. The molecule has 0 bridgehead atoms. The number of nitrogens with zero attached hydrogens (tertiary/aromatic N) is 1. The van der Waals surface area contributed by atoms with Crippen LogP contribution >= 0.6 is 27.3 Å². The second-order valence-corrected chi connectivity index (χ2v) is 5.81. The van der Waals surface area contributed by atoms with Crippen LogP contribution < -0.4 is 5.32 Å². The molecular formula is C10H10BrN3O2S. The lowest BCUT2D eigenvalue weighted by molar-refractivity contribution is -0.139. The van der Waals surface area contributed by atoms with Crippen LogP contribution in [0.5, 0.6) is 0 Å². The van der Waals surface area contributed by atoms with Crippen molar-refractivity contribution >= 4 is 33.2 Å². The molecule has 1 atom stereocenters. The molecule has 2 rings (SSSR count). The first-order valence-corrected chi connectivity index (χ1v) is 6.43. The molecule has 7 heteroatoms. The number of halogens is 1. The van der Waals surface area contributed by atoms with Gasteiger partial charge in [0.25, 0.3) is 0 Å². The van der Waals surface area contributed by atoms with Crippen LogP contribution in [0.1, 0.15) is 11.9 Å². The van der Waals surface area contributed by atoms with Crippen molar-refractivity contribution in [2.45, 2.75) is 6.04 Å². The third-order valence-electron chi connectivity index (χ3n) is 2.24. The molecule has 0 fully saturated rings. The van der Waals surface area contributed by atoms with Gasteiger partial charge in [-0.3, -0.25) is 4.79 Å². The molecule has 0 aromatic carbocycles. The Morgan fingerprint density at radius 3 is 2.94 bits per heavy atom. The number of aliphatic carboxylic acids is 1. The molecule has 0 saturated carbocycles. The van der Waals surface area contributed by atoms with Gasteiger partial charge in [0.1, 0.15) is 5.82 Å². The summed E-state index contributed by atoms with van der Waals surface area (Å²) in [7, 11) is 1.59. The summed E-state index contributed by atoms with van der Waals surface area (Å²) in [5, 5.41) is 11.7. The van der Waals surface area contributed by atoms with Gasteiger partial charge in [-0.25, -0.2) is 4.98 Å². The van der Waals surface area contributed by atoms with Crippen molar-refractivity contribution in [1.82, 2.24) is 15.3 Å². The maximum Gasteiger partial charge on any atom is 0.328 e. The number of thiophene rings is 1. The Labute approximate surface area is 110 Å². The molecule has 0 radical (unpaired) electrons. The molecular weight excluding hydrogens is 306 g/mol. The molecule has 0 saturated heterocycles. The standard InChI is InChI=1S/C10H10BrN3O2S/c1-12-8(10(15)16)9-13-4-5(14-9)6-2-3-7(11)17-6/h2-4,8,12H,1H3,(H,13,14)(H,15,16). The SMILES string of the molecule is CNC(C(=O)O)c1ncc(-c2ccc(Br)s2)[nH]1. The van der Waals surface area contributed by atoms with Gasteiger partial charge in [0, 0.05) is 0 Å². The molecule has 2 heterocycles. The molecule has 1 unspecified atom stereocenters. The number of H-pyrrole nitrogens is 1. The van der Waals surface area contributed by atoms with E-state index in [1.807, 2.05) is 12.1 Å². The van der Waals surface area contributed by atoms with Gasteiger partial charge in [0.2, 0.25) is 0 Å². The van der Waals surface area contributed by atoms with E-state index in [1.54, 1.807) is 24.6 Å². The van der Waals surface area contributed by atoms with Crippen LogP contribution in [0.15, 0.2) is 22.1 Å². The zero-order chi connectivity index (χ0) is 12.4. The summed E-state index contributed by atoms with van der Waals surface area (Å²) in [5.74, 6) is -0.555. The van der Waals surface area contributed by atoms with Gasteiger partial charge in [0.15, 0.2) is 6.04 Å². The minimum absolute atomic E-state index is 0.402. The lowest BCUT2D eigenvalue weighted by Gasteiger charge is -2.06. The van der Waals surface area contributed by atoms with Crippen LogP contribution in [0.2, 0.25) is 0 Å². The van der Waals surface area contributed by atoms with Gasteiger partial charge in [-0.05, 0) is 35.1 Å². The summed E-state index contributed by atoms with van der Waals surface area (Å²) < 4.78 is 1.02. The average molecular weight is 316 g/mol. The fraction of sp³-hybridized carbons (Fsp3) is 0.200. The summed E-state index contributed by atoms with van der Waals surface area (Å²) >= 11 is 4.94. The molecule has 5 nitrogen and oxygen atoms in total. The second kappa shape index (κ2) is 4.99. The minimum atomic E-state index is -0.958. The molecule has 90 valence electrons. The number of aromatic amines is 1. The van der Waals surface area contributed by atoms with E-state index in [0.29, 0.717) is 5.82 Å². The van der Waals surface area contributed by atoms with Crippen LogP contribution in [0.3, 0.4) is 0 Å². The van der Waals surface area contributed by atoms with Crippen molar-refractivity contribution in [3.63, 3.8) is 0 Å². The Bertz CT molecular complexity index is 537. The third-order valence-corrected chi connectivity index (χ3v) is 3.90. The van der Waals surface area contributed by atoms with Crippen LogP contribution in [0.25, 0.3) is 10.6 Å². The fourth-order valence-corrected chi connectivity index (χ4v) is 2.80. The van der Waals surface area contributed by atoms with Gasteiger partial charge in [-0.1, -0.05) is 0 Å². The van der Waals surface area contributed by atoms with E-state index in [2.05, 4.69) is 31.2 Å². The molecule has 0 aliphatic carbocycles. The number of carboxylic acids is 1. The molecule has 3 N–H and O–H groups in total. The van der Waals surface area contributed by atoms with E-state index in [4.69, 9.17) is 5.11 Å². The monoisotopic (exact) mass is 315 g/mol.